The van der Waals surface area contributed by atoms with E-state index in [4.69, 9.17) is 4.74 Å². The molecule has 0 aliphatic rings. The Morgan fingerprint density at radius 1 is 1.04 bits per heavy atom. The first-order valence-corrected chi connectivity index (χ1v) is 9.25. The summed E-state index contributed by atoms with van der Waals surface area (Å²) < 4.78 is 6.75. The Balaban J connectivity index is 1.60. The van der Waals surface area contributed by atoms with E-state index in [1.165, 1.54) is 17.7 Å². The lowest BCUT2D eigenvalue weighted by atomic mass is 10.2. The van der Waals surface area contributed by atoms with E-state index in [0.29, 0.717) is 18.8 Å². The molecule has 5 nitrogen and oxygen atoms in total. The Hall–Kier alpha value is -2.86. The van der Waals surface area contributed by atoms with Crippen LogP contribution in [0.4, 0.5) is 11.4 Å². The molecule has 3 rings (SSSR count). The summed E-state index contributed by atoms with van der Waals surface area (Å²) in [5.41, 5.74) is 4.15. The van der Waals surface area contributed by atoms with E-state index >= 15 is 0 Å². The van der Waals surface area contributed by atoms with Crippen molar-refractivity contribution in [1.82, 2.24) is 0 Å². The minimum absolute atomic E-state index is 0.0704. The summed E-state index contributed by atoms with van der Waals surface area (Å²) in [7, 11) is 0. The first-order valence-electron chi connectivity index (χ1n) is 8.46. The molecule has 0 bridgehead atoms. The molecule has 3 aromatic carbocycles. The molecule has 0 saturated carbocycles. The maximum Gasteiger partial charge on any atom is 0.271 e. The number of aryl methyl sites for hydroxylation is 1. The summed E-state index contributed by atoms with van der Waals surface area (Å²) in [5, 5.41) is 14.0. The van der Waals surface area contributed by atoms with Crippen LogP contribution in [0.1, 0.15) is 16.7 Å². The molecule has 6 heteroatoms. The summed E-state index contributed by atoms with van der Waals surface area (Å²) in [6.07, 6.45) is 0. The molecule has 0 aliphatic heterocycles. The Kier molecular flexibility index (Phi) is 6.08. The van der Waals surface area contributed by atoms with Crippen LogP contribution < -0.4 is 10.1 Å². The molecule has 3 aromatic rings. The highest BCUT2D eigenvalue weighted by molar-refractivity contribution is 9.10. The minimum atomic E-state index is -0.401. The molecule has 0 fully saturated rings. The van der Waals surface area contributed by atoms with Gasteiger partial charge in [0.1, 0.15) is 12.4 Å². The zero-order valence-electron chi connectivity index (χ0n) is 14.8. The summed E-state index contributed by atoms with van der Waals surface area (Å²) >= 11 is 3.55. The third-order valence-electron chi connectivity index (χ3n) is 4.06. The van der Waals surface area contributed by atoms with Crippen LogP contribution in [0.3, 0.4) is 0 Å². The van der Waals surface area contributed by atoms with E-state index in [1.807, 2.05) is 18.2 Å². The number of halogens is 1. The molecule has 0 amide bonds. The lowest BCUT2D eigenvalue weighted by Gasteiger charge is -2.11. The predicted octanol–water partition coefficient (Wildman–Crippen LogP) is 5.86. The van der Waals surface area contributed by atoms with Crippen LogP contribution in [0.25, 0.3) is 0 Å². The first kappa shape index (κ1) is 18.9. The van der Waals surface area contributed by atoms with Gasteiger partial charge < -0.3 is 10.1 Å². The van der Waals surface area contributed by atoms with Crippen LogP contribution in [-0.2, 0) is 13.2 Å². The molecule has 0 atom stereocenters. The Bertz CT molecular complexity index is 942. The van der Waals surface area contributed by atoms with Gasteiger partial charge >= 0.3 is 0 Å². The standard InChI is InChI=1S/C21H19BrN2O3/c1-15-5-7-16(8-6-15)14-27-21-10-9-17(11-20(21)22)13-23-18-3-2-4-19(12-18)24(25)26/h2-12,23H,13-14H2,1H3. The van der Waals surface area contributed by atoms with E-state index in [0.717, 1.165) is 21.3 Å². The Labute approximate surface area is 166 Å². The van der Waals surface area contributed by atoms with Crippen molar-refractivity contribution in [2.24, 2.45) is 0 Å². The van der Waals surface area contributed by atoms with Gasteiger partial charge in [0, 0.05) is 24.4 Å². The Morgan fingerprint density at radius 3 is 2.48 bits per heavy atom. The van der Waals surface area contributed by atoms with Crippen molar-refractivity contribution >= 4 is 27.3 Å². The van der Waals surface area contributed by atoms with Crippen LogP contribution in [0.2, 0.25) is 0 Å². The molecule has 0 unspecified atom stereocenters. The van der Waals surface area contributed by atoms with Gasteiger partial charge in [-0.25, -0.2) is 0 Å². The van der Waals surface area contributed by atoms with Crippen molar-refractivity contribution in [2.75, 3.05) is 5.32 Å². The summed E-state index contributed by atoms with van der Waals surface area (Å²) in [5.74, 6) is 0.773. The van der Waals surface area contributed by atoms with Gasteiger partial charge in [-0.3, -0.25) is 10.1 Å². The maximum absolute atomic E-state index is 10.8. The van der Waals surface area contributed by atoms with Gasteiger partial charge in [0.25, 0.3) is 5.69 Å². The summed E-state index contributed by atoms with van der Waals surface area (Å²) in [6, 6.07) is 20.6. The fourth-order valence-electron chi connectivity index (χ4n) is 2.55. The number of nitro groups is 1. The van der Waals surface area contributed by atoms with Crippen molar-refractivity contribution in [1.29, 1.82) is 0 Å². The maximum atomic E-state index is 10.8. The second kappa shape index (κ2) is 8.68. The van der Waals surface area contributed by atoms with Crippen LogP contribution in [-0.4, -0.2) is 4.92 Å². The average molecular weight is 427 g/mol. The number of hydrogen-bond donors (Lipinski definition) is 1. The van der Waals surface area contributed by atoms with E-state index in [1.54, 1.807) is 12.1 Å². The third kappa shape index (κ3) is 5.31. The number of nitrogens with zero attached hydrogens (tertiary/aromatic N) is 1. The van der Waals surface area contributed by atoms with Gasteiger partial charge in [-0.05, 0) is 52.2 Å². The highest BCUT2D eigenvalue weighted by Crippen LogP contribution is 2.27. The lowest BCUT2D eigenvalue weighted by Crippen LogP contribution is -2.01. The number of rotatable bonds is 7. The summed E-state index contributed by atoms with van der Waals surface area (Å²) in [4.78, 5) is 10.4. The number of ether oxygens (including phenoxy) is 1. The van der Waals surface area contributed by atoms with Gasteiger partial charge in [0.15, 0.2) is 0 Å². The third-order valence-corrected chi connectivity index (χ3v) is 4.68. The number of nitro benzene ring substituents is 1. The zero-order chi connectivity index (χ0) is 19.2. The van der Waals surface area contributed by atoms with Crippen molar-refractivity contribution in [3.05, 3.63) is 98.0 Å². The number of anilines is 1. The van der Waals surface area contributed by atoms with Crippen molar-refractivity contribution in [2.45, 2.75) is 20.1 Å². The Morgan fingerprint density at radius 2 is 1.78 bits per heavy atom. The highest BCUT2D eigenvalue weighted by atomic mass is 79.9. The topological polar surface area (TPSA) is 64.4 Å². The normalized spacial score (nSPS) is 10.4. The first-order chi connectivity index (χ1) is 13.0. The van der Waals surface area contributed by atoms with Crippen molar-refractivity contribution in [3.8, 4) is 5.75 Å². The van der Waals surface area contributed by atoms with Crippen molar-refractivity contribution in [3.63, 3.8) is 0 Å². The van der Waals surface area contributed by atoms with E-state index < -0.39 is 4.92 Å². The highest BCUT2D eigenvalue weighted by Gasteiger charge is 2.07. The van der Waals surface area contributed by atoms with Gasteiger partial charge in [-0.15, -0.1) is 0 Å². The van der Waals surface area contributed by atoms with Crippen LogP contribution >= 0.6 is 15.9 Å². The predicted molar refractivity (Wildman–Crippen MR) is 110 cm³/mol. The second-order valence-corrected chi connectivity index (χ2v) is 7.05. The molecule has 27 heavy (non-hydrogen) atoms. The minimum Gasteiger partial charge on any atom is -0.488 e. The SMILES string of the molecule is Cc1ccc(COc2ccc(CNc3cccc([N+](=O)[O-])c3)cc2Br)cc1. The number of benzene rings is 3. The number of nitrogens with one attached hydrogen (secondary N) is 1. The number of non-ortho nitro benzene ring substituents is 1. The lowest BCUT2D eigenvalue weighted by molar-refractivity contribution is -0.384. The largest absolute Gasteiger partial charge is 0.488 e. The van der Waals surface area contributed by atoms with Crippen molar-refractivity contribution < 1.29 is 9.66 Å². The number of hydrogen-bond acceptors (Lipinski definition) is 4. The van der Waals surface area contributed by atoms with Crippen LogP contribution in [0, 0.1) is 17.0 Å². The van der Waals surface area contributed by atoms with Gasteiger partial charge in [0.05, 0.1) is 9.40 Å². The van der Waals surface area contributed by atoms with Gasteiger partial charge in [-0.1, -0.05) is 42.0 Å². The van der Waals surface area contributed by atoms with Crippen LogP contribution in [0.15, 0.2) is 71.2 Å². The fraction of sp³-hybridized carbons (Fsp3) is 0.143. The molecule has 0 aliphatic carbocycles. The fourth-order valence-corrected chi connectivity index (χ4v) is 3.09. The molecular formula is C21H19BrN2O3. The molecule has 0 heterocycles. The summed E-state index contributed by atoms with van der Waals surface area (Å²) in [6.45, 7) is 3.11. The average Bonchev–Trinajstić information content (AvgIpc) is 2.67. The smallest absolute Gasteiger partial charge is 0.271 e. The molecule has 0 saturated heterocycles. The van der Waals surface area contributed by atoms with E-state index in [9.17, 15) is 10.1 Å². The molecular weight excluding hydrogens is 408 g/mol. The van der Waals surface area contributed by atoms with Gasteiger partial charge in [0.2, 0.25) is 0 Å². The van der Waals surface area contributed by atoms with E-state index in [2.05, 4.69) is 52.4 Å². The zero-order valence-corrected chi connectivity index (χ0v) is 16.4. The molecule has 1 N–H and O–H groups in total. The van der Waals surface area contributed by atoms with E-state index in [-0.39, 0.29) is 5.69 Å². The monoisotopic (exact) mass is 426 g/mol. The molecule has 0 aromatic heterocycles. The van der Waals surface area contributed by atoms with Gasteiger partial charge in [-0.2, -0.15) is 0 Å². The molecule has 138 valence electrons. The molecule has 0 radical (unpaired) electrons. The molecule has 0 spiro atoms. The van der Waals surface area contributed by atoms with Crippen LogP contribution in [0.5, 0.6) is 5.75 Å². The second-order valence-electron chi connectivity index (χ2n) is 6.20. The quantitative estimate of drug-likeness (QED) is 0.379.